The maximum Gasteiger partial charge on any atom is 0.433 e. The monoisotopic (exact) mass is 290 g/mol. The Morgan fingerprint density at radius 1 is 1.25 bits per heavy atom. The molecule has 0 spiro atoms. The van der Waals surface area contributed by atoms with Crippen LogP contribution < -0.4 is 0 Å². The van der Waals surface area contributed by atoms with Gasteiger partial charge in [-0.3, -0.25) is 9.78 Å². The average molecular weight is 290 g/mol. The van der Waals surface area contributed by atoms with Crippen LogP contribution >= 0.6 is 0 Å². The molecule has 1 aliphatic rings. The smallest absolute Gasteiger partial charge is 0.391 e. The van der Waals surface area contributed by atoms with Gasteiger partial charge >= 0.3 is 6.18 Å². The van der Waals surface area contributed by atoms with Crippen molar-refractivity contribution < 1.29 is 28.2 Å². The minimum Gasteiger partial charge on any atom is -0.391 e. The first kappa shape index (κ1) is 14.7. The third-order valence-electron chi connectivity index (χ3n) is 2.99. The highest BCUT2D eigenvalue weighted by atomic mass is 19.4. The number of aliphatic hydroxyl groups excluding tert-OH is 2. The van der Waals surface area contributed by atoms with E-state index in [4.69, 9.17) is 0 Å². The Bertz CT molecular complexity index is 480. The molecule has 1 aliphatic heterocycles. The molecule has 0 bridgehead atoms. The first-order chi connectivity index (χ1) is 9.27. The van der Waals surface area contributed by atoms with E-state index in [1.807, 2.05) is 0 Å². The lowest BCUT2D eigenvalue weighted by Gasteiger charge is -2.33. The molecule has 2 rings (SSSR count). The maximum atomic E-state index is 12.4. The van der Waals surface area contributed by atoms with Gasteiger partial charge < -0.3 is 15.1 Å². The Labute approximate surface area is 112 Å². The fraction of sp³-hybridized carbons (Fsp3) is 0.500. The molecule has 2 atom stereocenters. The Balaban J connectivity index is 2.13. The second-order valence-electron chi connectivity index (χ2n) is 4.68. The number of aliphatic hydroxyl groups is 2. The highest BCUT2D eigenvalue weighted by Crippen LogP contribution is 2.27. The SMILES string of the molecule is O=C(c1ccc(C(F)(F)F)nc1)N1C[C@H](O)C[C@@H](O)C1. The van der Waals surface area contributed by atoms with Crippen LogP contribution in [0.25, 0.3) is 0 Å². The molecule has 5 nitrogen and oxygen atoms in total. The standard InChI is InChI=1S/C12H13F3N2O3/c13-12(14,15)10-2-1-7(4-16-10)11(20)17-5-8(18)3-9(19)6-17/h1-2,4,8-9,18-19H,3,5-6H2/t8-,9-/m1/s1. The van der Waals surface area contributed by atoms with Crippen LogP contribution in [0.1, 0.15) is 22.5 Å². The topological polar surface area (TPSA) is 73.7 Å². The van der Waals surface area contributed by atoms with E-state index < -0.39 is 30.0 Å². The molecule has 0 aliphatic carbocycles. The van der Waals surface area contributed by atoms with Crippen molar-refractivity contribution >= 4 is 5.91 Å². The van der Waals surface area contributed by atoms with Crippen molar-refractivity contribution in [1.29, 1.82) is 0 Å². The number of carbonyl (C=O) groups is 1. The third kappa shape index (κ3) is 3.26. The zero-order valence-corrected chi connectivity index (χ0v) is 10.3. The van der Waals surface area contributed by atoms with Gasteiger partial charge in [0.25, 0.3) is 5.91 Å². The summed E-state index contributed by atoms with van der Waals surface area (Å²) in [5, 5.41) is 19.0. The molecule has 1 aromatic heterocycles. The first-order valence-electron chi connectivity index (χ1n) is 5.96. The number of amides is 1. The zero-order valence-electron chi connectivity index (χ0n) is 10.3. The fourth-order valence-corrected chi connectivity index (χ4v) is 2.08. The predicted octanol–water partition coefficient (Wildman–Crippen LogP) is 0.668. The number of pyridine rings is 1. The number of β-amino-alcohol motifs (C(OH)–C–C–N with tert-alkyl or cyclic N) is 2. The number of carbonyl (C=O) groups excluding carboxylic acids is 1. The van der Waals surface area contributed by atoms with Crippen molar-refractivity contribution in [2.24, 2.45) is 0 Å². The predicted molar refractivity (Wildman–Crippen MR) is 61.8 cm³/mol. The summed E-state index contributed by atoms with van der Waals surface area (Å²) in [4.78, 5) is 16.4. The number of hydrogen-bond donors (Lipinski definition) is 2. The summed E-state index contributed by atoms with van der Waals surface area (Å²) >= 11 is 0. The minimum absolute atomic E-state index is 0.0145. The largest absolute Gasteiger partial charge is 0.433 e. The van der Waals surface area contributed by atoms with E-state index in [2.05, 4.69) is 4.98 Å². The number of nitrogens with zero attached hydrogens (tertiary/aromatic N) is 2. The van der Waals surface area contributed by atoms with Crippen molar-refractivity contribution in [3.05, 3.63) is 29.6 Å². The van der Waals surface area contributed by atoms with E-state index >= 15 is 0 Å². The molecule has 0 aromatic carbocycles. The Kier molecular flexibility index (Phi) is 3.96. The van der Waals surface area contributed by atoms with Gasteiger partial charge in [-0.1, -0.05) is 0 Å². The van der Waals surface area contributed by atoms with Crippen LogP contribution in [0.2, 0.25) is 0 Å². The molecule has 0 unspecified atom stereocenters. The van der Waals surface area contributed by atoms with Gasteiger partial charge in [0.1, 0.15) is 5.69 Å². The number of piperidine rings is 1. The second kappa shape index (κ2) is 5.37. The molecular weight excluding hydrogens is 277 g/mol. The number of halogens is 3. The molecule has 1 amide bonds. The van der Waals surface area contributed by atoms with Crippen LogP contribution in [0.15, 0.2) is 18.3 Å². The summed E-state index contributed by atoms with van der Waals surface area (Å²) in [7, 11) is 0. The van der Waals surface area contributed by atoms with E-state index in [9.17, 15) is 28.2 Å². The van der Waals surface area contributed by atoms with Crippen LogP contribution in [0.4, 0.5) is 13.2 Å². The van der Waals surface area contributed by atoms with Gasteiger partial charge in [0.15, 0.2) is 0 Å². The third-order valence-corrected chi connectivity index (χ3v) is 2.99. The van der Waals surface area contributed by atoms with Crippen molar-refractivity contribution in [2.75, 3.05) is 13.1 Å². The van der Waals surface area contributed by atoms with Gasteiger partial charge in [-0.2, -0.15) is 13.2 Å². The molecule has 2 heterocycles. The number of hydrogen-bond acceptors (Lipinski definition) is 4. The van der Waals surface area contributed by atoms with Gasteiger partial charge in [0.05, 0.1) is 17.8 Å². The summed E-state index contributed by atoms with van der Waals surface area (Å²) in [6, 6.07) is 1.76. The average Bonchev–Trinajstić information content (AvgIpc) is 2.36. The number of aromatic nitrogens is 1. The van der Waals surface area contributed by atoms with Gasteiger partial charge in [-0.25, -0.2) is 0 Å². The molecule has 2 N–H and O–H groups in total. The van der Waals surface area contributed by atoms with Gasteiger partial charge in [-0.15, -0.1) is 0 Å². The summed E-state index contributed by atoms with van der Waals surface area (Å²) < 4.78 is 37.1. The fourth-order valence-electron chi connectivity index (χ4n) is 2.08. The normalized spacial score (nSPS) is 23.8. The molecule has 20 heavy (non-hydrogen) atoms. The van der Waals surface area contributed by atoms with Crippen LogP contribution in [-0.4, -0.2) is 51.3 Å². The zero-order chi connectivity index (χ0) is 14.9. The summed E-state index contributed by atoms with van der Waals surface area (Å²) in [6.07, 6.45) is -5.22. The summed E-state index contributed by atoms with van der Waals surface area (Å²) in [6.45, 7) is 0.0772. The molecule has 8 heteroatoms. The highest BCUT2D eigenvalue weighted by Gasteiger charge is 2.33. The number of likely N-dealkylation sites (tertiary alicyclic amines) is 1. The Morgan fingerprint density at radius 2 is 1.85 bits per heavy atom. The lowest BCUT2D eigenvalue weighted by Crippen LogP contribution is -2.48. The van der Waals surface area contributed by atoms with Gasteiger partial charge in [0.2, 0.25) is 0 Å². The van der Waals surface area contributed by atoms with Gasteiger partial charge in [0, 0.05) is 25.7 Å². The summed E-state index contributed by atoms with van der Waals surface area (Å²) in [5.74, 6) is -0.566. The van der Waals surface area contributed by atoms with E-state index in [1.54, 1.807) is 0 Å². The van der Waals surface area contributed by atoms with E-state index in [0.717, 1.165) is 18.3 Å². The molecule has 0 saturated carbocycles. The lowest BCUT2D eigenvalue weighted by molar-refractivity contribution is -0.141. The van der Waals surface area contributed by atoms with Gasteiger partial charge in [-0.05, 0) is 12.1 Å². The van der Waals surface area contributed by atoms with Crippen LogP contribution in [0.3, 0.4) is 0 Å². The lowest BCUT2D eigenvalue weighted by atomic mass is 10.0. The van der Waals surface area contributed by atoms with E-state index in [0.29, 0.717) is 0 Å². The molecule has 1 saturated heterocycles. The molecule has 110 valence electrons. The maximum absolute atomic E-state index is 12.4. The van der Waals surface area contributed by atoms with E-state index in [1.165, 1.54) is 4.90 Å². The van der Waals surface area contributed by atoms with Crippen LogP contribution in [-0.2, 0) is 6.18 Å². The Hall–Kier alpha value is -1.67. The number of rotatable bonds is 1. The van der Waals surface area contributed by atoms with Crippen molar-refractivity contribution in [1.82, 2.24) is 9.88 Å². The molecule has 1 aromatic rings. The molecule has 1 fully saturated rings. The molecular formula is C12H13F3N2O3. The van der Waals surface area contributed by atoms with Crippen molar-refractivity contribution in [3.8, 4) is 0 Å². The minimum atomic E-state index is -4.56. The summed E-state index contributed by atoms with van der Waals surface area (Å²) in [5.41, 5.74) is -1.09. The quantitative estimate of drug-likeness (QED) is 0.797. The van der Waals surface area contributed by atoms with E-state index in [-0.39, 0.29) is 25.1 Å². The van der Waals surface area contributed by atoms with Crippen LogP contribution in [0, 0.1) is 0 Å². The first-order valence-corrected chi connectivity index (χ1v) is 5.96. The van der Waals surface area contributed by atoms with Crippen molar-refractivity contribution in [2.45, 2.75) is 24.8 Å². The van der Waals surface area contributed by atoms with Crippen LogP contribution in [0.5, 0.6) is 0 Å². The number of alkyl halides is 3. The molecule has 0 radical (unpaired) electrons. The second-order valence-corrected chi connectivity index (χ2v) is 4.68. The highest BCUT2D eigenvalue weighted by molar-refractivity contribution is 5.94. The van der Waals surface area contributed by atoms with Crippen molar-refractivity contribution in [3.63, 3.8) is 0 Å². The Morgan fingerprint density at radius 3 is 2.30 bits per heavy atom.